The van der Waals surface area contributed by atoms with E-state index in [0.717, 1.165) is 0 Å². The molecule has 7 rings (SSSR count). The highest BCUT2D eigenvalue weighted by Crippen LogP contribution is 2.54. The van der Waals surface area contributed by atoms with E-state index >= 15 is 0 Å². The van der Waals surface area contributed by atoms with Gasteiger partial charge in [0, 0.05) is 27.7 Å². The van der Waals surface area contributed by atoms with E-state index in [4.69, 9.17) is 0 Å². The third-order valence-electron chi connectivity index (χ3n) is 15.9. The molecule has 0 saturated heterocycles. The molecule has 0 atom stereocenters. The lowest BCUT2D eigenvalue weighted by molar-refractivity contribution is 0.397. The molecule has 6 aromatic rings. The molecule has 1 nitrogen and oxygen atoms in total. The maximum atomic E-state index is 2.77. The molecule has 0 fully saturated rings. The first-order valence-corrected chi connectivity index (χ1v) is 28.4. The van der Waals surface area contributed by atoms with Gasteiger partial charge in [0.25, 0.3) is 0 Å². The summed E-state index contributed by atoms with van der Waals surface area (Å²) in [5.74, 6) is 0. The Morgan fingerprint density at radius 3 is 1.30 bits per heavy atom. The summed E-state index contributed by atoms with van der Waals surface area (Å²) in [4.78, 5) is 0. The molecule has 0 N–H and O–H groups in total. The lowest BCUT2D eigenvalue weighted by atomic mass is 9.70. The lowest BCUT2D eigenvalue weighted by Crippen LogP contribution is -2.25. The Hall–Kier alpha value is -3.84. The first kappa shape index (κ1) is 52.5. The summed E-state index contributed by atoms with van der Waals surface area (Å²) < 4.78 is 2.77. The number of hydrogen-bond acceptors (Lipinski definition) is 0. The van der Waals surface area contributed by atoms with Gasteiger partial charge in [-0.25, -0.2) is 0 Å². The molecule has 364 valence electrons. The van der Waals surface area contributed by atoms with Gasteiger partial charge in [-0.05, 0) is 110 Å². The van der Waals surface area contributed by atoms with Gasteiger partial charge in [0.1, 0.15) is 0 Å². The van der Waals surface area contributed by atoms with Gasteiger partial charge in [-0.2, -0.15) is 0 Å². The van der Waals surface area contributed by atoms with Crippen molar-refractivity contribution in [1.29, 1.82) is 0 Å². The van der Waals surface area contributed by atoms with Crippen molar-refractivity contribution in [2.75, 3.05) is 0 Å². The third kappa shape index (κ3) is 13.7. The van der Waals surface area contributed by atoms with Crippen LogP contribution in [0, 0.1) is 27.7 Å². The summed E-state index contributed by atoms with van der Waals surface area (Å²) in [7, 11) is 0. The monoisotopic (exact) mass is 902 g/mol. The van der Waals surface area contributed by atoms with Gasteiger partial charge in [-0.15, -0.1) is 0 Å². The average molecular weight is 902 g/mol. The standard InChI is InChI=1S/C35H49N.C31H46/c1-5-7-9-11-13-15-19-29(20-16-14-12-10-8-6-2)36-33-25-27(3)23-24-32(33)35-31-22-18-17-21-30(31)28(4)26-34(35)36;1-5-7-9-11-13-15-21-31(22-16-14-12-10-8-6-2)29-23-25(3)17-19-27(29)28-20-18-26(4)24-30(28)31/h17-18,21-26,29H,5-16,19-20H2,1-4H3;17-20,23-24H,5-16,21-22H2,1-4H3. The molecule has 5 aromatic carbocycles. The summed E-state index contributed by atoms with van der Waals surface area (Å²) in [5.41, 5.74) is 15.0. The van der Waals surface area contributed by atoms with Crippen LogP contribution >= 0.6 is 0 Å². The molecular formula is C66H95N. The lowest BCUT2D eigenvalue weighted by Gasteiger charge is -2.33. The van der Waals surface area contributed by atoms with Gasteiger partial charge in [0.05, 0.1) is 5.52 Å². The van der Waals surface area contributed by atoms with Gasteiger partial charge in [-0.3, -0.25) is 0 Å². The van der Waals surface area contributed by atoms with E-state index in [1.165, 1.54) is 246 Å². The third-order valence-corrected chi connectivity index (χ3v) is 15.9. The molecule has 0 unspecified atom stereocenters. The number of benzene rings is 5. The highest BCUT2D eigenvalue weighted by atomic mass is 15.0. The predicted molar refractivity (Wildman–Crippen MR) is 300 cm³/mol. The molecule has 0 spiro atoms. The van der Waals surface area contributed by atoms with Gasteiger partial charge < -0.3 is 4.57 Å². The molecule has 0 saturated carbocycles. The Morgan fingerprint density at radius 2 is 0.806 bits per heavy atom. The van der Waals surface area contributed by atoms with Crippen molar-refractivity contribution in [3.63, 3.8) is 0 Å². The Balaban J connectivity index is 0.000000224. The van der Waals surface area contributed by atoms with Crippen molar-refractivity contribution in [3.8, 4) is 11.1 Å². The van der Waals surface area contributed by atoms with Crippen LogP contribution in [0.3, 0.4) is 0 Å². The number of unbranched alkanes of at least 4 members (excludes halogenated alkanes) is 20. The molecular weight excluding hydrogens is 807 g/mol. The topological polar surface area (TPSA) is 4.93 Å². The average Bonchev–Trinajstić information content (AvgIpc) is 3.78. The Kier molecular flexibility index (Phi) is 21.5. The molecule has 1 aliphatic rings. The van der Waals surface area contributed by atoms with Gasteiger partial charge in [0.2, 0.25) is 0 Å². The van der Waals surface area contributed by atoms with Crippen LogP contribution in [-0.2, 0) is 5.41 Å². The first-order chi connectivity index (χ1) is 32.8. The first-order valence-electron chi connectivity index (χ1n) is 28.4. The minimum Gasteiger partial charge on any atom is -0.337 e. The normalized spacial score (nSPS) is 12.9. The molecule has 1 heterocycles. The highest BCUT2D eigenvalue weighted by molar-refractivity contribution is 6.21. The molecule has 1 heteroatoms. The van der Waals surface area contributed by atoms with Crippen molar-refractivity contribution < 1.29 is 0 Å². The molecule has 0 bridgehead atoms. The maximum absolute atomic E-state index is 2.77. The van der Waals surface area contributed by atoms with E-state index in [0.29, 0.717) is 6.04 Å². The zero-order valence-electron chi connectivity index (χ0n) is 44.4. The van der Waals surface area contributed by atoms with Crippen molar-refractivity contribution in [2.24, 2.45) is 0 Å². The van der Waals surface area contributed by atoms with Crippen LogP contribution in [0.2, 0.25) is 0 Å². The van der Waals surface area contributed by atoms with Crippen LogP contribution in [-0.4, -0.2) is 4.57 Å². The largest absolute Gasteiger partial charge is 0.337 e. The second-order valence-corrected chi connectivity index (χ2v) is 21.5. The van der Waals surface area contributed by atoms with Crippen molar-refractivity contribution in [3.05, 3.63) is 118 Å². The van der Waals surface area contributed by atoms with Crippen molar-refractivity contribution in [2.45, 2.75) is 247 Å². The Labute approximate surface area is 411 Å². The van der Waals surface area contributed by atoms with E-state index in [9.17, 15) is 0 Å². The second-order valence-electron chi connectivity index (χ2n) is 21.5. The Bertz CT molecular complexity index is 2300. The molecule has 1 aliphatic carbocycles. The van der Waals surface area contributed by atoms with Crippen molar-refractivity contribution in [1.82, 2.24) is 4.57 Å². The minimum atomic E-state index is 0.234. The number of fused-ring (bicyclic) bond motifs is 8. The zero-order chi connectivity index (χ0) is 47.4. The van der Waals surface area contributed by atoms with Gasteiger partial charge in [0.15, 0.2) is 0 Å². The number of hydrogen-bond donors (Lipinski definition) is 0. The zero-order valence-corrected chi connectivity index (χ0v) is 44.4. The van der Waals surface area contributed by atoms with Crippen molar-refractivity contribution >= 4 is 32.6 Å². The van der Waals surface area contributed by atoms with Crippen LogP contribution in [0.25, 0.3) is 43.7 Å². The van der Waals surface area contributed by atoms with Gasteiger partial charge >= 0.3 is 0 Å². The summed E-state index contributed by atoms with van der Waals surface area (Å²) in [6, 6.07) is 33.7. The molecule has 0 amide bonds. The molecule has 1 aromatic heterocycles. The second kappa shape index (κ2) is 27.4. The van der Waals surface area contributed by atoms with E-state index in [-0.39, 0.29) is 5.41 Å². The molecule has 67 heavy (non-hydrogen) atoms. The van der Waals surface area contributed by atoms with Crippen LogP contribution in [0.15, 0.2) is 84.9 Å². The summed E-state index contributed by atoms with van der Waals surface area (Å²) in [5, 5.41) is 5.70. The number of rotatable bonds is 29. The number of nitrogens with zero attached hydrogens (tertiary/aromatic N) is 1. The van der Waals surface area contributed by atoms with E-state index in [1.807, 2.05) is 0 Å². The predicted octanol–water partition coefficient (Wildman–Crippen LogP) is 21.7. The van der Waals surface area contributed by atoms with E-state index in [2.05, 4.69) is 145 Å². The summed E-state index contributed by atoms with van der Waals surface area (Å²) in [6.07, 6.45) is 38.3. The van der Waals surface area contributed by atoms with Gasteiger partial charge in [-0.1, -0.05) is 266 Å². The number of aryl methyl sites for hydroxylation is 4. The summed E-state index contributed by atoms with van der Waals surface area (Å²) in [6.45, 7) is 18.3. The summed E-state index contributed by atoms with van der Waals surface area (Å²) >= 11 is 0. The van der Waals surface area contributed by atoms with Crippen LogP contribution < -0.4 is 0 Å². The SMILES string of the molecule is CCCCCCCCC(CCCCCCCC)n1c2cc(C)ccc2c2c3ccccc3c(C)cc21.CCCCCCCCC1(CCCCCCCC)c2cc(C)ccc2-c2ccc(C)cc21. The smallest absolute Gasteiger partial charge is 0.0503 e. The van der Waals surface area contributed by atoms with Crippen LogP contribution in [0.5, 0.6) is 0 Å². The quantitative estimate of drug-likeness (QED) is 0.0413. The number of aromatic nitrogens is 1. The van der Waals surface area contributed by atoms with Crippen LogP contribution in [0.4, 0.5) is 0 Å². The minimum absolute atomic E-state index is 0.234. The molecule has 0 radical (unpaired) electrons. The van der Waals surface area contributed by atoms with Crippen LogP contribution in [0.1, 0.15) is 247 Å². The fraction of sp³-hybridized carbons (Fsp3) is 0.576. The van der Waals surface area contributed by atoms with E-state index < -0.39 is 0 Å². The molecule has 0 aliphatic heterocycles. The Morgan fingerprint density at radius 1 is 0.388 bits per heavy atom. The van der Waals surface area contributed by atoms with E-state index in [1.54, 1.807) is 11.1 Å². The fourth-order valence-corrected chi connectivity index (χ4v) is 12.1. The highest BCUT2D eigenvalue weighted by Gasteiger charge is 2.42. The maximum Gasteiger partial charge on any atom is 0.0503 e. The fourth-order valence-electron chi connectivity index (χ4n) is 12.1.